The van der Waals surface area contributed by atoms with E-state index in [1.165, 1.54) is 0 Å². The number of nitrogens with one attached hydrogen (secondary N) is 2. The van der Waals surface area contributed by atoms with Crippen molar-refractivity contribution >= 4 is 5.91 Å². The zero-order valence-electron chi connectivity index (χ0n) is 10.8. The van der Waals surface area contributed by atoms with E-state index in [1.807, 2.05) is 12.1 Å². The zero-order chi connectivity index (χ0) is 13.5. The molecule has 6 nitrogen and oxygen atoms in total. The van der Waals surface area contributed by atoms with Gasteiger partial charge in [0.1, 0.15) is 12.4 Å². The molecule has 106 valence electrons. The quantitative estimate of drug-likeness (QED) is 0.607. The summed E-state index contributed by atoms with van der Waals surface area (Å²) in [6.45, 7) is 2.09. The molecule has 1 aromatic heterocycles. The first kappa shape index (κ1) is 14.0. The van der Waals surface area contributed by atoms with Crippen molar-refractivity contribution in [1.29, 1.82) is 0 Å². The third-order valence-electron chi connectivity index (χ3n) is 3.01. The fraction of sp³-hybridized carbons (Fsp3) is 0.615. The summed E-state index contributed by atoms with van der Waals surface area (Å²) < 4.78 is 10.5. The van der Waals surface area contributed by atoms with Gasteiger partial charge in [-0.25, -0.2) is 0 Å². The lowest BCUT2D eigenvalue weighted by Crippen LogP contribution is -2.40. The van der Waals surface area contributed by atoms with Gasteiger partial charge in [0.15, 0.2) is 0 Å². The van der Waals surface area contributed by atoms with Crippen molar-refractivity contribution in [2.45, 2.75) is 31.6 Å². The molecule has 1 aromatic rings. The van der Waals surface area contributed by atoms with Crippen molar-refractivity contribution in [3.8, 4) is 0 Å². The van der Waals surface area contributed by atoms with E-state index in [1.54, 1.807) is 6.26 Å². The Balaban J connectivity index is 1.48. The van der Waals surface area contributed by atoms with Crippen LogP contribution >= 0.6 is 0 Å². The summed E-state index contributed by atoms with van der Waals surface area (Å²) in [4.78, 5) is 11.7. The van der Waals surface area contributed by atoms with Crippen molar-refractivity contribution in [2.24, 2.45) is 0 Å². The van der Waals surface area contributed by atoms with Crippen LogP contribution in [0.25, 0.3) is 0 Å². The Labute approximate surface area is 112 Å². The molecule has 2 rings (SSSR count). The molecule has 1 aliphatic rings. The van der Waals surface area contributed by atoms with Crippen LogP contribution in [-0.4, -0.2) is 42.9 Å². The number of aliphatic hydroxyl groups is 1. The number of β-amino-alcohol motifs (C(OH)–C–C–N with tert-alkyl or cyclic N) is 1. The number of carbonyl (C=O) groups excluding carboxylic acids is 1. The van der Waals surface area contributed by atoms with Crippen LogP contribution in [0, 0.1) is 0 Å². The monoisotopic (exact) mass is 268 g/mol. The lowest BCUT2D eigenvalue weighted by atomic mass is 10.2. The fourth-order valence-electron chi connectivity index (χ4n) is 1.99. The molecule has 19 heavy (non-hydrogen) atoms. The molecule has 2 heterocycles. The summed E-state index contributed by atoms with van der Waals surface area (Å²) >= 11 is 0. The lowest BCUT2D eigenvalue weighted by Gasteiger charge is -2.10. The van der Waals surface area contributed by atoms with Gasteiger partial charge in [-0.15, -0.1) is 0 Å². The van der Waals surface area contributed by atoms with Crippen LogP contribution in [0.3, 0.4) is 0 Å². The standard InChI is InChI=1S/C13H20N2O4/c16-10-7-12(15-8-10)13(17)14-4-2-5-18-9-11-3-1-6-19-11/h1,3,6,10,12,15-16H,2,4-5,7-9H2,(H,14,17). The van der Waals surface area contributed by atoms with Crippen molar-refractivity contribution in [3.63, 3.8) is 0 Å². The van der Waals surface area contributed by atoms with E-state index in [9.17, 15) is 9.90 Å². The second-order valence-electron chi connectivity index (χ2n) is 4.63. The molecule has 2 atom stereocenters. The molecule has 6 heteroatoms. The Morgan fingerprint density at radius 2 is 2.53 bits per heavy atom. The van der Waals surface area contributed by atoms with Crippen LogP contribution in [0.15, 0.2) is 22.8 Å². The first-order valence-corrected chi connectivity index (χ1v) is 6.55. The van der Waals surface area contributed by atoms with Gasteiger partial charge >= 0.3 is 0 Å². The molecule has 1 aliphatic heterocycles. The van der Waals surface area contributed by atoms with Crippen molar-refractivity contribution in [3.05, 3.63) is 24.2 Å². The molecule has 1 saturated heterocycles. The average Bonchev–Trinajstić information content (AvgIpc) is 3.04. The van der Waals surface area contributed by atoms with Gasteiger partial charge in [0.05, 0.1) is 18.4 Å². The fourth-order valence-corrected chi connectivity index (χ4v) is 1.99. The SMILES string of the molecule is O=C(NCCCOCc1ccco1)C1CC(O)CN1. The number of hydrogen-bond acceptors (Lipinski definition) is 5. The minimum absolute atomic E-state index is 0.0532. The first-order chi connectivity index (χ1) is 9.25. The summed E-state index contributed by atoms with van der Waals surface area (Å²) in [7, 11) is 0. The van der Waals surface area contributed by atoms with E-state index in [0.717, 1.165) is 12.2 Å². The second-order valence-corrected chi connectivity index (χ2v) is 4.63. The van der Waals surface area contributed by atoms with Crippen LogP contribution in [0.1, 0.15) is 18.6 Å². The predicted molar refractivity (Wildman–Crippen MR) is 68.4 cm³/mol. The zero-order valence-corrected chi connectivity index (χ0v) is 10.8. The third kappa shape index (κ3) is 4.66. The molecule has 0 aromatic carbocycles. The Morgan fingerprint density at radius 3 is 3.21 bits per heavy atom. The summed E-state index contributed by atoms with van der Waals surface area (Å²) in [6.07, 6.45) is 2.44. The van der Waals surface area contributed by atoms with Gasteiger partial charge in [-0.2, -0.15) is 0 Å². The van der Waals surface area contributed by atoms with Crippen LogP contribution < -0.4 is 10.6 Å². The lowest BCUT2D eigenvalue weighted by molar-refractivity contribution is -0.123. The maximum absolute atomic E-state index is 11.7. The van der Waals surface area contributed by atoms with E-state index < -0.39 is 6.10 Å². The molecule has 0 bridgehead atoms. The van der Waals surface area contributed by atoms with Crippen molar-refractivity contribution in [2.75, 3.05) is 19.7 Å². The van der Waals surface area contributed by atoms with Gasteiger partial charge in [-0.1, -0.05) is 0 Å². The Hall–Kier alpha value is -1.37. The maximum atomic E-state index is 11.7. The van der Waals surface area contributed by atoms with Gasteiger partial charge in [-0.05, 0) is 25.0 Å². The molecule has 0 saturated carbocycles. The largest absolute Gasteiger partial charge is 0.467 e. The van der Waals surface area contributed by atoms with Gasteiger partial charge in [0.25, 0.3) is 0 Å². The average molecular weight is 268 g/mol. The second kappa shape index (κ2) is 7.28. The summed E-state index contributed by atoms with van der Waals surface area (Å²) in [5.74, 6) is 0.746. The molecule has 0 radical (unpaired) electrons. The summed E-state index contributed by atoms with van der Waals surface area (Å²) in [5, 5.41) is 15.1. The Bertz CT molecular complexity index is 380. The molecule has 0 aliphatic carbocycles. The Kier molecular flexibility index (Phi) is 5.38. The third-order valence-corrected chi connectivity index (χ3v) is 3.01. The van der Waals surface area contributed by atoms with Gasteiger partial charge < -0.3 is 24.9 Å². The van der Waals surface area contributed by atoms with Crippen LogP contribution in [0.4, 0.5) is 0 Å². The number of furan rings is 1. The molecular formula is C13H20N2O4. The molecule has 2 unspecified atom stereocenters. The van der Waals surface area contributed by atoms with E-state index in [-0.39, 0.29) is 11.9 Å². The van der Waals surface area contributed by atoms with Crippen LogP contribution in [0.2, 0.25) is 0 Å². The van der Waals surface area contributed by atoms with E-state index in [4.69, 9.17) is 9.15 Å². The van der Waals surface area contributed by atoms with E-state index in [2.05, 4.69) is 10.6 Å². The highest BCUT2D eigenvalue weighted by Gasteiger charge is 2.27. The Morgan fingerprint density at radius 1 is 1.63 bits per heavy atom. The van der Waals surface area contributed by atoms with Gasteiger partial charge in [-0.3, -0.25) is 4.79 Å². The minimum atomic E-state index is -0.410. The number of hydrogen-bond donors (Lipinski definition) is 3. The normalized spacial score (nSPS) is 22.6. The van der Waals surface area contributed by atoms with E-state index >= 15 is 0 Å². The van der Waals surface area contributed by atoms with Crippen molar-refractivity contribution < 1.29 is 19.1 Å². The van der Waals surface area contributed by atoms with Crippen LogP contribution in [0.5, 0.6) is 0 Å². The summed E-state index contributed by atoms with van der Waals surface area (Å²) in [6, 6.07) is 3.42. The molecule has 1 fully saturated rings. The molecule has 0 spiro atoms. The summed E-state index contributed by atoms with van der Waals surface area (Å²) in [5.41, 5.74) is 0. The van der Waals surface area contributed by atoms with Gasteiger partial charge in [0.2, 0.25) is 5.91 Å². The number of ether oxygens (including phenoxy) is 1. The van der Waals surface area contributed by atoms with E-state index in [0.29, 0.717) is 32.7 Å². The number of aliphatic hydroxyl groups excluding tert-OH is 1. The number of carbonyl (C=O) groups is 1. The topological polar surface area (TPSA) is 83.7 Å². The molecule has 3 N–H and O–H groups in total. The highest BCUT2D eigenvalue weighted by atomic mass is 16.5. The van der Waals surface area contributed by atoms with Crippen LogP contribution in [-0.2, 0) is 16.1 Å². The highest BCUT2D eigenvalue weighted by Crippen LogP contribution is 2.06. The predicted octanol–water partition coefficient (Wildman–Crippen LogP) is 0.0253. The smallest absolute Gasteiger partial charge is 0.237 e. The highest BCUT2D eigenvalue weighted by molar-refractivity contribution is 5.82. The molecule has 1 amide bonds. The molecular weight excluding hydrogens is 248 g/mol. The van der Waals surface area contributed by atoms with Gasteiger partial charge in [0, 0.05) is 19.7 Å². The first-order valence-electron chi connectivity index (χ1n) is 6.55. The van der Waals surface area contributed by atoms with Crippen molar-refractivity contribution in [1.82, 2.24) is 10.6 Å². The number of rotatable bonds is 7. The maximum Gasteiger partial charge on any atom is 0.237 e. The minimum Gasteiger partial charge on any atom is -0.467 e. The number of amides is 1.